The molecule has 0 fully saturated rings. The van der Waals surface area contributed by atoms with E-state index >= 15 is 0 Å². The Bertz CT molecular complexity index is 723. The minimum Gasteiger partial charge on any atom is -0.459 e. The molecule has 0 bridgehead atoms. The first-order valence-corrected chi connectivity index (χ1v) is 7.68. The Morgan fingerprint density at radius 2 is 2.09 bits per heavy atom. The predicted molar refractivity (Wildman–Crippen MR) is 85.6 cm³/mol. The van der Waals surface area contributed by atoms with Gasteiger partial charge in [-0.25, -0.2) is 14.1 Å². The Kier molecular flexibility index (Phi) is 5.04. The number of carbonyl (C=O) groups excluding carboxylic acids is 1. The van der Waals surface area contributed by atoms with Crippen molar-refractivity contribution in [1.82, 2.24) is 14.8 Å². The molecule has 0 atom stereocenters. The number of esters is 1. The average molecular weight is 340 g/mol. The van der Waals surface area contributed by atoms with E-state index in [0.717, 1.165) is 0 Å². The number of halogens is 2. The second kappa shape index (κ2) is 6.66. The number of ether oxygens (including phenoxy) is 1. The highest BCUT2D eigenvalue weighted by Gasteiger charge is 2.19. The van der Waals surface area contributed by atoms with Gasteiger partial charge in [0.2, 0.25) is 0 Å². The van der Waals surface area contributed by atoms with E-state index in [1.54, 1.807) is 26.8 Å². The second-order valence-corrected chi connectivity index (χ2v) is 6.49. The number of benzene rings is 1. The van der Waals surface area contributed by atoms with Gasteiger partial charge in [0.1, 0.15) is 23.8 Å². The third kappa shape index (κ3) is 4.51. The van der Waals surface area contributed by atoms with E-state index in [4.69, 9.17) is 16.3 Å². The number of hydrogen-bond acceptors (Lipinski definition) is 4. The van der Waals surface area contributed by atoms with Crippen LogP contribution in [0.5, 0.6) is 0 Å². The Labute approximate surface area is 139 Å². The van der Waals surface area contributed by atoms with E-state index in [9.17, 15) is 9.18 Å². The van der Waals surface area contributed by atoms with Gasteiger partial charge in [-0.1, -0.05) is 18.5 Å². The molecule has 2 rings (SSSR count). The van der Waals surface area contributed by atoms with Gasteiger partial charge in [0.25, 0.3) is 0 Å². The first-order chi connectivity index (χ1) is 10.7. The van der Waals surface area contributed by atoms with Crippen LogP contribution in [0, 0.1) is 5.82 Å². The summed E-state index contributed by atoms with van der Waals surface area (Å²) >= 11 is 5.68. The monoisotopic (exact) mass is 339 g/mol. The van der Waals surface area contributed by atoms with Gasteiger partial charge >= 0.3 is 5.97 Å². The highest BCUT2D eigenvalue weighted by Crippen LogP contribution is 2.22. The van der Waals surface area contributed by atoms with Crippen LogP contribution in [0.15, 0.2) is 18.2 Å². The molecule has 1 aromatic heterocycles. The molecular weight excluding hydrogens is 321 g/mol. The maximum atomic E-state index is 13.6. The molecule has 0 aliphatic carbocycles. The lowest BCUT2D eigenvalue weighted by Gasteiger charge is -2.19. The molecule has 0 spiro atoms. The van der Waals surface area contributed by atoms with Gasteiger partial charge < -0.3 is 4.74 Å². The molecule has 0 saturated carbocycles. The number of carbonyl (C=O) groups is 1. The lowest BCUT2D eigenvalue weighted by Crippen LogP contribution is -2.27. The van der Waals surface area contributed by atoms with Crippen LogP contribution >= 0.6 is 11.6 Å². The van der Waals surface area contributed by atoms with Crippen molar-refractivity contribution in [3.05, 3.63) is 34.9 Å². The van der Waals surface area contributed by atoms with Crippen LogP contribution in [0.25, 0.3) is 11.4 Å². The fourth-order valence-corrected chi connectivity index (χ4v) is 2.13. The fourth-order valence-electron chi connectivity index (χ4n) is 2.02. The van der Waals surface area contributed by atoms with Crippen LogP contribution in [0.3, 0.4) is 0 Å². The summed E-state index contributed by atoms with van der Waals surface area (Å²) in [4.78, 5) is 16.3. The minimum atomic E-state index is -0.563. The van der Waals surface area contributed by atoms with E-state index in [0.29, 0.717) is 23.6 Å². The van der Waals surface area contributed by atoms with Gasteiger partial charge in [0.05, 0.1) is 5.02 Å². The molecule has 0 aliphatic rings. The summed E-state index contributed by atoms with van der Waals surface area (Å²) in [7, 11) is 0. The maximum absolute atomic E-state index is 13.6. The van der Waals surface area contributed by atoms with Crippen molar-refractivity contribution >= 4 is 17.6 Å². The number of rotatable bonds is 4. The second-order valence-electron chi connectivity index (χ2n) is 6.08. The molecule has 0 saturated heterocycles. The zero-order chi connectivity index (χ0) is 17.2. The number of nitrogens with zero attached hydrogens (tertiary/aromatic N) is 3. The molecule has 1 heterocycles. The van der Waals surface area contributed by atoms with Gasteiger partial charge in [-0.15, -0.1) is 0 Å². The first kappa shape index (κ1) is 17.4. The minimum absolute atomic E-state index is 0.0382. The summed E-state index contributed by atoms with van der Waals surface area (Å²) in [6, 6.07) is 4.36. The van der Waals surface area contributed by atoms with Gasteiger partial charge in [0, 0.05) is 12.0 Å². The summed E-state index contributed by atoms with van der Waals surface area (Å²) < 4.78 is 20.3. The van der Waals surface area contributed by atoms with Crippen LogP contribution in [-0.4, -0.2) is 26.3 Å². The zero-order valence-electron chi connectivity index (χ0n) is 13.6. The standard InChI is InChI=1S/C16H19ClFN3O2/c1-5-13-19-15(10-6-7-11(17)12(18)8-10)20-21(13)9-14(22)23-16(2,3)4/h6-8H,5,9H2,1-4H3. The lowest BCUT2D eigenvalue weighted by molar-refractivity contribution is -0.155. The molecule has 0 amide bonds. The predicted octanol–water partition coefficient (Wildman–Crippen LogP) is 3.64. The van der Waals surface area contributed by atoms with Gasteiger partial charge in [-0.2, -0.15) is 5.10 Å². The first-order valence-electron chi connectivity index (χ1n) is 7.30. The Hall–Kier alpha value is -1.95. The lowest BCUT2D eigenvalue weighted by atomic mass is 10.2. The van der Waals surface area contributed by atoms with Crippen LogP contribution < -0.4 is 0 Å². The molecule has 1 aromatic carbocycles. The van der Waals surface area contributed by atoms with Crippen LogP contribution in [0.2, 0.25) is 5.02 Å². The van der Waals surface area contributed by atoms with E-state index in [2.05, 4.69) is 10.1 Å². The highest BCUT2D eigenvalue weighted by molar-refractivity contribution is 6.30. The molecular formula is C16H19ClFN3O2. The Morgan fingerprint density at radius 1 is 1.39 bits per heavy atom. The maximum Gasteiger partial charge on any atom is 0.328 e. The van der Waals surface area contributed by atoms with Crippen LogP contribution in [0.1, 0.15) is 33.5 Å². The molecule has 7 heteroatoms. The van der Waals surface area contributed by atoms with Crippen molar-refractivity contribution in [1.29, 1.82) is 0 Å². The smallest absolute Gasteiger partial charge is 0.328 e. The quantitative estimate of drug-likeness (QED) is 0.798. The van der Waals surface area contributed by atoms with Crippen molar-refractivity contribution in [2.45, 2.75) is 46.3 Å². The summed E-state index contributed by atoms with van der Waals surface area (Å²) in [5.74, 6) is 0.0406. The molecule has 0 aliphatic heterocycles. The van der Waals surface area contributed by atoms with Crippen LogP contribution in [0.4, 0.5) is 4.39 Å². The molecule has 5 nitrogen and oxygen atoms in total. The average Bonchev–Trinajstić information content (AvgIpc) is 2.82. The van der Waals surface area contributed by atoms with Gasteiger partial charge in [0.15, 0.2) is 5.82 Å². The van der Waals surface area contributed by atoms with Crippen LogP contribution in [-0.2, 0) is 22.5 Å². The summed E-state index contributed by atoms with van der Waals surface area (Å²) in [6.45, 7) is 7.27. The molecule has 0 N–H and O–H groups in total. The number of hydrogen-bond donors (Lipinski definition) is 0. The normalized spacial score (nSPS) is 11.6. The largest absolute Gasteiger partial charge is 0.459 e. The third-order valence-corrected chi connectivity index (χ3v) is 3.25. The number of aryl methyl sites for hydroxylation is 1. The van der Waals surface area contributed by atoms with Crippen molar-refractivity contribution in [2.24, 2.45) is 0 Å². The Morgan fingerprint density at radius 3 is 2.65 bits per heavy atom. The van der Waals surface area contributed by atoms with Crippen molar-refractivity contribution in [2.75, 3.05) is 0 Å². The van der Waals surface area contributed by atoms with E-state index < -0.39 is 17.4 Å². The summed E-state index contributed by atoms with van der Waals surface area (Å²) in [6.07, 6.45) is 0.589. The summed E-state index contributed by atoms with van der Waals surface area (Å²) in [5, 5.41) is 4.33. The van der Waals surface area contributed by atoms with Gasteiger partial charge in [-0.05, 0) is 39.0 Å². The third-order valence-electron chi connectivity index (χ3n) is 2.94. The van der Waals surface area contributed by atoms with Crippen molar-refractivity contribution < 1.29 is 13.9 Å². The Balaban J connectivity index is 2.26. The summed E-state index contributed by atoms with van der Waals surface area (Å²) in [5.41, 5.74) is -0.0591. The SMILES string of the molecule is CCc1nc(-c2ccc(Cl)c(F)c2)nn1CC(=O)OC(C)(C)C. The highest BCUT2D eigenvalue weighted by atomic mass is 35.5. The number of aromatic nitrogens is 3. The molecule has 124 valence electrons. The molecule has 2 aromatic rings. The molecule has 0 radical (unpaired) electrons. The molecule has 0 unspecified atom stereocenters. The topological polar surface area (TPSA) is 57.0 Å². The van der Waals surface area contributed by atoms with Crippen molar-refractivity contribution in [3.8, 4) is 11.4 Å². The fraction of sp³-hybridized carbons (Fsp3) is 0.438. The van der Waals surface area contributed by atoms with Gasteiger partial charge in [-0.3, -0.25) is 4.79 Å². The van der Waals surface area contributed by atoms with E-state index in [-0.39, 0.29) is 11.6 Å². The molecule has 23 heavy (non-hydrogen) atoms. The van der Waals surface area contributed by atoms with Crippen molar-refractivity contribution in [3.63, 3.8) is 0 Å². The van der Waals surface area contributed by atoms with E-state index in [1.807, 2.05) is 6.92 Å². The van der Waals surface area contributed by atoms with E-state index in [1.165, 1.54) is 16.8 Å². The zero-order valence-corrected chi connectivity index (χ0v) is 14.3.